The lowest BCUT2D eigenvalue weighted by Gasteiger charge is -2.00. The summed E-state index contributed by atoms with van der Waals surface area (Å²) in [5.74, 6) is 0.820. The number of nitrogens with zero attached hydrogens (tertiary/aromatic N) is 1. The summed E-state index contributed by atoms with van der Waals surface area (Å²) in [6, 6.07) is 11.4. The molecule has 1 aromatic rings. The van der Waals surface area contributed by atoms with Crippen LogP contribution in [-0.2, 0) is 0 Å². The second kappa shape index (κ2) is 4.97. The first-order valence-corrected chi connectivity index (χ1v) is 3.66. The van der Waals surface area contributed by atoms with E-state index in [0.29, 0.717) is 6.61 Å². The van der Waals surface area contributed by atoms with Gasteiger partial charge in [-0.1, -0.05) is 18.2 Å². The number of nitriles is 1. The third-order valence-corrected chi connectivity index (χ3v) is 1.28. The minimum atomic E-state index is 0.442. The molecule has 0 radical (unpaired) electrons. The molecule has 0 N–H and O–H groups in total. The number of hydrogen-bond donors (Lipinski definition) is 0. The van der Waals surface area contributed by atoms with Crippen molar-refractivity contribution in [1.82, 2.24) is 0 Å². The Labute approximate surface area is 71.7 Å². The van der Waals surface area contributed by atoms with Crippen molar-refractivity contribution in [3.05, 3.63) is 42.5 Å². The fourth-order valence-corrected chi connectivity index (χ4v) is 0.762. The van der Waals surface area contributed by atoms with Crippen LogP contribution in [0.15, 0.2) is 42.5 Å². The van der Waals surface area contributed by atoms with E-state index in [0.717, 1.165) is 5.75 Å². The molecule has 0 aliphatic carbocycles. The van der Waals surface area contributed by atoms with E-state index in [1.165, 1.54) is 6.08 Å². The van der Waals surface area contributed by atoms with Crippen molar-refractivity contribution >= 4 is 0 Å². The van der Waals surface area contributed by atoms with Crippen LogP contribution in [-0.4, -0.2) is 6.61 Å². The first-order chi connectivity index (χ1) is 5.93. The van der Waals surface area contributed by atoms with Crippen LogP contribution in [0.4, 0.5) is 0 Å². The highest BCUT2D eigenvalue weighted by molar-refractivity contribution is 5.21. The van der Waals surface area contributed by atoms with Crippen LogP contribution in [0.3, 0.4) is 0 Å². The molecule has 0 saturated carbocycles. The van der Waals surface area contributed by atoms with Gasteiger partial charge in [-0.3, -0.25) is 0 Å². The van der Waals surface area contributed by atoms with Crippen LogP contribution < -0.4 is 4.74 Å². The van der Waals surface area contributed by atoms with Crippen LogP contribution >= 0.6 is 0 Å². The highest BCUT2D eigenvalue weighted by atomic mass is 16.5. The Morgan fingerprint density at radius 2 is 2.08 bits per heavy atom. The van der Waals surface area contributed by atoms with Crippen LogP contribution in [0.5, 0.6) is 5.75 Å². The van der Waals surface area contributed by atoms with Crippen molar-refractivity contribution in [2.24, 2.45) is 0 Å². The highest BCUT2D eigenvalue weighted by Crippen LogP contribution is 2.07. The maximum Gasteiger partial charge on any atom is 0.119 e. The predicted molar refractivity (Wildman–Crippen MR) is 46.7 cm³/mol. The van der Waals surface area contributed by atoms with Crippen molar-refractivity contribution in [2.45, 2.75) is 0 Å². The van der Waals surface area contributed by atoms with E-state index in [1.807, 2.05) is 36.4 Å². The Balaban J connectivity index is 2.35. The van der Waals surface area contributed by atoms with E-state index in [-0.39, 0.29) is 0 Å². The molecule has 0 amide bonds. The van der Waals surface area contributed by atoms with Gasteiger partial charge in [-0.15, -0.1) is 0 Å². The van der Waals surface area contributed by atoms with Gasteiger partial charge in [-0.2, -0.15) is 5.26 Å². The van der Waals surface area contributed by atoms with Crippen molar-refractivity contribution in [3.63, 3.8) is 0 Å². The molecule has 0 fully saturated rings. The van der Waals surface area contributed by atoms with Crippen LogP contribution in [0.2, 0.25) is 0 Å². The molecule has 0 heterocycles. The molecule has 0 aromatic heterocycles. The van der Waals surface area contributed by atoms with Gasteiger partial charge in [0.15, 0.2) is 0 Å². The maximum absolute atomic E-state index is 8.17. The molecule has 0 saturated heterocycles. The normalized spacial score (nSPS) is 9.58. The Morgan fingerprint density at radius 3 is 2.75 bits per heavy atom. The first kappa shape index (κ1) is 8.35. The summed E-state index contributed by atoms with van der Waals surface area (Å²) < 4.78 is 5.27. The van der Waals surface area contributed by atoms with E-state index >= 15 is 0 Å². The van der Waals surface area contributed by atoms with Gasteiger partial charge in [0.2, 0.25) is 0 Å². The average molecular weight is 159 g/mol. The summed E-state index contributed by atoms with van der Waals surface area (Å²) in [6.45, 7) is 0.442. The number of ether oxygens (including phenoxy) is 1. The predicted octanol–water partition coefficient (Wildman–Crippen LogP) is 2.15. The molecule has 1 aromatic carbocycles. The van der Waals surface area contributed by atoms with E-state index in [1.54, 1.807) is 6.08 Å². The molecule has 0 atom stereocenters. The Kier molecular flexibility index (Phi) is 3.46. The van der Waals surface area contributed by atoms with Gasteiger partial charge in [0, 0.05) is 6.08 Å². The second-order valence-electron chi connectivity index (χ2n) is 2.16. The number of hydrogen-bond acceptors (Lipinski definition) is 2. The van der Waals surface area contributed by atoms with Crippen LogP contribution in [0.1, 0.15) is 0 Å². The largest absolute Gasteiger partial charge is 0.490 e. The highest BCUT2D eigenvalue weighted by Gasteiger charge is 1.85. The molecule has 12 heavy (non-hydrogen) atoms. The van der Waals surface area contributed by atoms with Crippen LogP contribution in [0.25, 0.3) is 0 Å². The van der Waals surface area contributed by atoms with Gasteiger partial charge < -0.3 is 4.74 Å². The van der Waals surface area contributed by atoms with Crippen molar-refractivity contribution in [2.75, 3.05) is 6.61 Å². The van der Waals surface area contributed by atoms with Crippen molar-refractivity contribution in [3.8, 4) is 11.8 Å². The quantitative estimate of drug-likeness (QED) is 0.633. The zero-order chi connectivity index (χ0) is 8.65. The summed E-state index contributed by atoms with van der Waals surface area (Å²) in [4.78, 5) is 0. The van der Waals surface area contributed by atoms with Gasteiger partial charge in [0.25, 0.3) is 0 Å². The molecule has 60 valence electrons. The monoisotopic (exact) mass is 159 g/mol. The lowest BCUT2D eigenvalue weighted by molar-refractivity contribution is 0.363. The minimum Gasteiger partial charge on any atom is -0.490 e. The summed E-state index contributed by atoms with van der Waals surface area (Å²) in [6.07, 6.45) is 3.08. The molecule has 0 aliphatic rings. The number of rotatable bonds is 3. The van der Waals surface area contributed by atoms with Gasteiger partial charge in [-0.25, -0.2) is 0 Å². The van der Waals surface area contributed by atoms with Gasteiger partial charge in [0.05, 0.1) is 6.07 Å². The van der Waals surface area contributed by atoms with Gasteiger partial charge in [0.1, 0.15) is 12.4 Å². The third kappa shape index (κ3) is 2.89. The summed E-state index contributed by atoms with van der Waals surface area (Å²) in [5.41, 5.74) is 0. The SMILES string of the molecule is N#CC=CCOc1ccccc1. The van der Waals surface area contributed by atoms with E-state index in [2.05, 4.69) is 0 Å². The lowest BCUT2D eigenvalue weighted by atomic mass is 10.3. The smallest absolute Gasteiger partial charge is 0.119 e. The summed E-state index contributed by atoms with van der Waals surface area (Å²) >= 11 is 0. The van der Waals surface area contributed by atoms with Crippen LogP contribution in [0, 0.1) is 11.3 Å². The zero-order valence-electron chi connectivity index (χ0n) is 6.60. The second-order valence-corrected chi connectivity index (χ2v) is 2.16. The molecule has 0 aliphatic heterocycles. The number of allylic oxidation sites excluding steroid dienone is 1. The Hall–Kier alpha value is -1.75. The molecule has 0 spiro atoms. The number of para-hydroxylation sites is 1. The minimum absolute atomic E-state index is 0.442. The van der Waals surface area contributed by atoms with Gasteiger partial charge in [-0.05, 0) is 18.2 Å². The summed E-state index contributed by atoms with van der Waals surface area (Å²) in [5, 5.41) is 8.17. The Morgan fingerprint density at radius 1 is 1.33 bits per heavy atom. The number of benzene rings is 1. The molecule has 0 unspecified atom stereocenters. The molecule has 0 bridgehead atoms. The third-order valence-electron chi connectivity index (χ3n) is 1.28. The fraction of sp³-hybridized carbons (Fsp3) is 0.100. The van der Waals surface area contributed by atoms with Crippen molar-refractivity contribution < 1.29 is 4.74 Å². The van der Waals surface area contributed by atoms with E-state index in [4.69, 9.17) is 10.00 Å². The topological polar surface area (TPSA) is 33.0 Å². The van der Waals surface area contributed by atoms with Gasteiger partial charge >= 0.3 is 0 Å². The standard InChI is InChI=1S/C10H9NO/c11-8-4-5-9-12-10-6-2-1-3-7-10/h1-7H,9H2. The molecule has 2 nitrogen and oxygen atoms in total. The lowest BCUT2D eigenvalue weighted by Crippen LogP contribution is -1.91. The molecular weight excluding hydrogens is 150 g/mol. The fourth-order valence-electron chi connectivity index (χ4n) is 0.762. The van der Waals surface area contributed by atoms with Crippen molar-refractivity contribution in [1.29, 1.82) is 5.26 Å². The van der Waals surface area contributed by atoms with E-state index < -0.39 is 0 Å². The average Bonchev–Trinajstić information content (AvgIpc) is 2.14. The molecule has 2 heteroatoms. The Bertz CT molecular complexity index is 284. The maximum atomic E-state index is 8.17. The van der Waals surface area contributed by atoms with E-state index in [9.17, 15) is 0 Å². The first-order valence-electron chi connectivity index (χ1n) is 3.66. The molecular formula is C10H9NO. The summed E-state index contributed by atoms with van der Waals surface area (Å²) in [7, 11) is 0. The molecule has 1 rings (SSSR count). The zero-order valence-corrected chi connectivity index (χ0v) is 6.60.